The van der Waals surface area contributed by atoms with E-state index in [0.29, 0.717) is 35.5 Å². The van der Waals surface area contributed by atoms with Crippen LogP contribution >= 0.6 is 0 Å². The molecule has 0 aliphatic heterocycles. The molecule has 4 rings (SSSR count). The minimum absolute atomic E-state index is 0.314. The lowest BCUT2D eigenvalue weighted by Gasteiger charge is -2.55. The van der Waals surface area contributed by atoms with Crippen molar-refractivity contribution in [1.82, 2.24) is 0 Å². The minimum Gasteiger partial charge on any atom is -0.290 e. The maximum Gasteiger partial charge on any atom is 0.449 e. The van der Waals surface area contributed by atoms with Crippen molar-refractivity contribution in [2.24, 2.45) is 40.9 Å². The van der Waals surface area contributed by atoms with Gasteiger partial charge in [0.2, 0.25) is 5.78 Å². The second-order valence-corrected chi connectivity index (χ2v) is 10.2. The zero-order valence-electron chi connectivity index (χ0n) is 16.7. The van der Waals surface area contributed by atoms with Gasteiger partial charge in [-0.15, -0.1) is 0 Å². The third-order valence-corrected chi connectivity index (χ3v) is 8.88. The second-order valence-electron chi connectivity index (χ2n) is 10.2. The molecule has 0 spiro atoms. The molecule has 3 fully saturated rings. The summed E-state index contributed by atoms with van der Waals surface area (Å²) in [5.41, 5.74) is 2.07. The Morgan fingerprint density at radius 1 is 1.11 bits per heavy atom. The van der Waals surface area contributed by atoms with Gasteiger partial charge in [-0.3, -0.25) is 4.79 Å². The Balaban J connectivity index is 1.44. The summed E-state index contributed by atoms with van der Waals surface area (Å²) in [5, 5.41) is 0. The van der Waals surface area contributed by atoms with Crippen LogP contribution in [0.15, 0.2) is 11.6 Å². The van der Waals surface area contributed by atoms with Crippen LogP contribution in [0.1, 0.15) is 78.1 Å². The predicted octanol–water partition coefficient (Wildman–Crippen LogP) is 6.72. The molecule has 0 aromatic rings. The van der Waals surface area contributed by atoms with Gasteiger partial charge in [-0.25, -0.2) is 0 Å². The number of rotatable bonds is 3. The number of hydrogen-bond acceptors (Lipinski definition) is 1. The number of hydrogen-bond donors (Lipinski definition) is 0. The van der Waals surface area contributed by atoms with Crippen molar-refractivity contribution in [2.45, 2.75) is 84.2 Å². The summed E-state index contributed by atoms with van der Waals surface area (Å²) in [6.07, 6.45) is 7.65. The first-order chi connectivity index (χ1) is 12.7. The first kappa shape index (κ1) is 19.5. The third kappa shape index (κ3) is 3.40. The van der Waals surface area contributed by atoms with Crippen LogP contribution < -0.4 is 0 Å². The highest BCUT2D eigenvalue weighted by atomic mass is 19.4. The SMILES string of the molecule is CC1CCC2(C)C(=CCC3C4CCC(CCC(=O)C(F)(F)F)C4CCC32)C1. The highest BCUT2D eigenvalue weighted by molar-refractivity contribution is 5.83. The molecule has 0 N–H and O–H groups in total. The average molecular weight is 383 g/mol. The van der Waals surface area contributed by atoms with Gasteiger partial charge in [-0.05, 0) is 98.7 Å². The molecule has 0 radical (unpaired) electrons. The largest absolute Gasteiger partial charge is 0.449 e. The smallest absolute Gasteiger partial charge is 0.290 e. The maximum absolute atomic E-state index is 12.5. The molecule has 0 heterocycles. The normalized spacial score (nSPS) is 44.1. The lowest BCUT2D eigenvalue weighted by atomic mass is 9.49. The Labute approximate surface area is 161 Å². The van der Waals surface area contributed by atoms with Gasteiger partial charge in [0.25, 0.3) is 0 Å². The van der Waals surface area contributed by atoms with Gasteiger partial charge < -0.3 is 0 Å². The fourth-order valence-electron chi connectivity index (χ4n) is 7.43. The van der Waals surface area contributed by atoms with Crippen LogP contribution in [-0.4, -0.2) is 12.0 Å². The van der Waals surface area contributed by atoms with Gasteiger partial charge in [0.1, 0.15) is 0 Å². The molecular formula is C23H33F3O. The summed E-state index contributed by atoms with van der Waals surface area (Å²) in [7, 11) is 0. The number of alkyl halides is 3. The first-order valence-corrected chi connectivity index (χ1v) is 11.0. The molecular weight excluding hydrogens is 349 g/mol. The zero-order valence-corrected chi connectivity index (χ0v) is 16.7. The molecule has 0 aromatic carbocycles. The van der Waals surface area contributed by atoms with Crippen LogP contribution in [0.5, 0.6) is 0 Å². The van der Waals surface area contributed by atoms with Crippen molar-refractivity contribution >= 4 is 5.78 Å². The van der Waals surface area contributed by atoms with Gasteiger partial charge in [-0.1, -0.05) is 25.5 Å². The zero-order chi connectivity index (χ0) is 19.4. The Morgan fingerprint density at radius 3 is 2.59 bits per heavy atom. The van der Waals surface area contributed by atoms with Crippen molar-refractivity contribution < 1.29 is 18.0 Å². The molecule has 0 bridgehead atoms. The maximum atomic E-state index is 12.5. The Hall–Kier alpha value is -0.800. The van der Waals surface area contributed by atoms with E-state index in [1.807, 2.05) is 0 Å². The standard InChI is InChI=1S/C23H33F3O/c1-14-11-12-22(2)16(13-14)5-7-19-18-6-3-15(17(18)8-9-20(19)22)4-10-21(27)23(24,25)26/h5,14-15,17-20H,3-4,6-13H2,1-2H3. The van der Waals surface area contributed by atoms with Gasteiger partial charge in [-0.2, -0.15) is 13.2 Å². The van der Waals surface area contributed by atoms with Crippen LogP contribution in [0.4, 0.5) is 13.2 Å². The summed E-state index contributed by atoms with van der Waals surface area (Å²) in [6, 6.07) is 0. The van der Waals surface area contributed by atoms with Crippen molar-refractivity contribution in [2.75, 3.05) is 0 Å². The van der Waals surface area contributed by atoms with Gasteiger partial charge >= 0.3 is 6.18 Å². The number of Topliss-reactive ketones (excluding diaryl/α,β-unsaturated/α-hetero) is 1. The molecule has 27 heavy (non-hydrogen) atoms. The Bertz CT molecular complexity index is 622. The van der Waals surface area contributed by atoms with Crippen LogP contribution in [0.25, 0.3) is 0 Å². The molecule has 7 atom stereocenters. The highest BCUT2D eigenvalue weighted by Crippen LogP contribution is 2.62. The first-order valence-electron chi connectivity index (χ1n) is 11.0. The van der Waals surface area contributed by atoms with Crippen LogP contribution in [0.3, 0.4) is 0 Å². The summed E-state index contributed by atoms with van der Waals surface area (Å²) in [4.78, 5) is 11.3. The number of fused-ring (bicyclic) bond motifs is 5. The number of allylic oxidation sites excluding steroid dienone is 2. The minimum atomic E-state index is -4.66. The molecule has 0 saturated heterocycles. The highest BCUT2D eigenvalue weighted by Gasteiger charge is 2.53. The molecule has 4 heteroatoms. The molecule has 3 saturated carbocycles. The van der Waals surface area contributed by atoms with E-state index in [-0.39, 0.29) is 6.42 Å². The van der Waals surface area contributed by atoms with Crippen molar-refractivity contribution in [3.8, 4) is 0 Å². The number of halogens is 3. The van der Waals surface area contributed by atoms with E-state index in [9.17, 15) is 18.0 Å². The topological polar surface area (TPSA) is 17.1 Å². The number of carbonyl (C=O) groups excluding carboxylic acids is 1. The van der Waals surface area contributed by atoms with E-state index in [1.165, 1.54) is 32.1 Å². The van der Waals surface area contributed by atoms with Gasteiger partial charge in [0.15, 0.2) is 0 Å². The van der Waals surface area contributed by atoms with Gasteiger partial charge in [0, 0.05) is 6.42 Å². The van der Waals surface area contributed by atoms with E-state index < -0.39 is 12.0 Å². The van der Waals surface area contributed by atoms with E-state index >= 15 is 0 Å². The molecule has 0 aromatic heterocycles. The quantitative estimate of drug-likeness (QED) is 0.495. The lowest BCUT2D eigenvalue weighted by Crippen LogP contribution is -2.46. The molecule has 152 valence electrons. The number of ketones is 1. The van der Waals surface area contributed by atoms with Crippen molar-refractivity contribution in [3.63, 3.8) is 0 Å². The van der Waals surface area contributed by atoms with Crippen LogP contribution in [0.2, 0.25) is 0 Å². The summed E-state index contributed by atoms with van der Waals surface area (Å²) in [6.45, 7) is 4.86. The summed E-state index contributed by atoms with van der Waals surface area (Å²) < 4.78 is 37.6. The van der Waals surface area contributed by atoms with E-state index in [4.69, 9.17) is 0 Å². The summed E-state index contributed by atoms with van der Waals surface area (Å²) >= 11 is 0. The molecule has 7 unspecified atom stereocenters. The molecule has 4 aliphatic carbocycles. The lowest BCUT2D eigenvalue weighted by molar-refractivity contribution is -0.171. The van der Waals surface area contributed by atoms with E-state index in [2.05, 4.69) is 19.9 Å². The summed E-state index contributed by atoms with van der Waals surface area (Å²) in [5.74, 6) is 2.30. The average Bonchev–Trinajstić information content (AvgIpc) is 3.02. The molecule has 1 nitrogen and oxygen atoms in total. The van der Waals surface area contributed by atoms with Crippen molar-refractivity contribution in [1.29, 1.82) is 0 Å². The number of carbonyl (C=O) groups is 1. The molecule has 0 amide bonds. The Kier molecular flexibility index (Phi) is 5.00. The van der Waals surface area contributed by atoms with Crippen LogP contribution in [-0.2, 0) is 4.79 Å². The monoisotopic (exact) mass is 382 g/mol. The second kappa shape index (κ2) is 6.91. The predicted molar refractivity (Wildman–Crippen MR) is 100 cm³/mol. The Morgan fingerprint density at radius 2 is 1.85 bits per heavy atom. The third-order valence-electron chi connectivity index (χ3n) is 8.88. The van der Waals surface area contributed by atoms with Crippen LogP contribution in [0, 0.1) is 40.9 Å². The van der Waals surface area contributed by atoms with E-state index in [1.54, 1.807) is 5.57 Å². The van der Waals surface area contributed by atoms with Gasteiger partial charge in [0.05, 0.1) is 0 Å². The molecule has 4 aliphatic rings. The van der Waals surface area contributed by atoms with E-state index in [0.717, 1.165) is 31.1 Å². The fraction of sp³-hybridized carbons (Fsp3) is 0.870. The fourth-order valence-corrected chi connectivity index (χ4v) is 7.43. The van der Waals surface area contributed by atoms with Crippen molar-refractivity contribution in [3.05, 3.63) is 11.6 Å².